The summed E-state index contributed by atoms with van der Waals surface area (Å²) in [4.78, 5) is 36.9. The number of hydrogen-bond donors (Lipinski definition) is 0. The highest BCUT2D eigenvalue weighted by Gasteiger charge is 2.36. The second kappa shape index (κ2) is 12.9. The van der Waals surface area contributed by atoms with E-state index in [-0.39, 0.29) is 37.0 Å². The summed E-state index contributed by atoms with van der Waals surface area (Å²) in [6.45, 7) is 15.9. The summed E-state index contributed by atoms with van der Waals surface area (Å²) in [6, 6.07) is 1.99. The van der Waals surface area contributed by atoms with E-state index in [0.717, 1.165) is 68.6 Å². The predicted molar refractivity (Wildman–Crippen MR) is 148 cm³/mol. The minimum Gasteiger partial charge on any atom is -0.465 e. The lowest BCUT2D eigenvalue weighted by Gasteiger charge is -2.37. The van der Waals surface area contributed by atoms with Crippen molar-refractivity contribution >= 4 is 17.9 Å². The highest BCUT2D eigenvalue weighted by molar-refractivity contribution is 5.81. The second-order valence-electron chi connectivity index (χ2n) is 12.3. The Balaban J connectivity index is 1.40. The Morgan fingerprint density at radius 2 is 1.29 bits per heavy atom. The summed E-state index contributed by atoms with van der Waals surface area (Å²) >= 11 is 0. The zero-order valence-electron chi connectivity index (χ0n) is 24.2. The molecular formula is C32H46O6. The zero-order chi connectivity index (χ0) is 28.0. The molecule has 0 saturated heterocycles. The Morgan fingerprint density at radius 1 is 0.789 bits per heavy atom. The number of rotatable bonds is 9. The summed E-state index contributed by atoms with van der Waals surface area (Å²) in [5.74, 6) is 1.11. The number of hydrogen-bond acceptors (Lipinski definition) is 6. The van der Waals surface area contributed by atoms with Gasteiger partial charge in [-0.2, -0.15) is 0 Å². The van der Waals surface area contributed by atoms with Crippen LogP contribution in [0.4, 0.5) is 0 Å². The molecule has 1 aromatic carbocycles. The van der Waals surface area contributed by atoms with Gasteiger partial charge in [0.25, 0.3) is 0 Å². The predicted octanol–water partition coefficient (Wildman–Crippen LogP) is 6.74. The van der Waals surface area contributed by atoms with Crippen molar-refractivity contribution in [1.29, 1.82) is 0 Å². The Labute approximate surface area is 228 Å². The molecule has 2 aliphatic rings. The van der Waals surface area contributed by atoms with Gasteiger partial charge in [-0.05, 0) is 119 Å². The first-order valence-electron chi connectivity index (χ1n) is 14.2. The van der Waals surface area contributed by atoms with Gasteiger partial charge in [-0.25, -0.2) is 4.79 Å². The van der Waals surface area contributed by atoms with E-state index in [1.54, 1.807) is 0 Å². The number of carbonyl (C=O) groups excluding carboxylic acids is 3. The fraction of sp³-hybridized carbons (Fsp3) is 0.656. The molecule has 0 bridgehead atoms. The van der Waals surface area contributed by atoms with Crippen molar-refractivity contribution in [1.82, 2.24) is 0 Å². The number of aryl methyl sites for hydroxylation is 1. The molecule has 0 spiro atoms. The molecule has 210 valence electrons. The number of ether oxygens (including phenoxy) is 3. The average molecular weight is 527 g/mol. The summed E-state index contributed by atoms with van der Waals surface area (Å²) in [7, 11) is 0. The van der Waals surface area contributed by atoms with Crippen LogP contribution in [0.2, 0.25) is 0 Å². The molecule has 0 amide bonds. The van der Waals surface area contributed by atoms with Crippen LogP contribution in [0.3, 0.4) is 0 Å². The Bertz CT molecular complexity index is 1020. The highest BCUT2D eigenvalue weighted by atomic mass is 16.5. The van der Waals surface area contributed by atoms with E-state index >= 15 is 0 Å². The van der Waals surface area contributed by atoms with Crippen molar-refractivity contribution in [3.05, 3.63) is 41.0 Å². The molecular weight excluding hydrogens is 480 g/mol. The van der Waals surface area contributed by atoms with Crippen LogP contribution in [-0.4, -0.2) is 31.1 Å². The van der Waals surface area contributed by atoms with Crippen LogP contribution in [0.1, 0.15) is 87.5 Å². The summed E-state index contributed by atoms with van der Waals surface area (Å²) < 4.78 is 16.6. The normalized spacial score (nSPS) is 23.8. The van der Waals surface area contributed by atoms with Gasteiger partial charge in [0.15, 0.2) is 0 Å². The lowest BCUT2D eigenvalue weighted by molar-refractivity contribution is -0.156. The van der Waals surface area contributed by atoms with E-state index in [4.69, 9.17) is 14.2 Å². The monoisotopic (exact) mass is 526 g/mol. The zero-order valence-corrected chi connectivity index (χ0v) is 24.2. The van der Waals surface area contributed by atoms with Crippen LogP contribution in [-0.2, 0) is 23.9 Å². The molecule has 0 atom stereocenters. The topological polar surface area (TPSA) is 78.9 Å². The quantitative estimate of drug-likeness (QED) is 0.201. The summed E-state index contributed by atoms with van der Waals surface area (Å²) in [5, 5.41) is 0. The van der Waals surface area contributed by atoms with Gasteiger partial charge in [0.1, 0.15) is 5.75 Å². The molecule has 6 heteroatoms. The van der Waals surface area contributed by atoms with Crippen LogP contribution >= 0.6 is 0 Å². The van der Waals surface area contributed by atoms with E-state index in [9.17, 15) is 14.4 Å². The van der Waals surface area contributed by atoms with Gasteiger partial charge < -0.3 is 14.2 Å². The molecule has 6 nitrogen and oxygen atoms in total. The molecule has 3 rings (SSSR count). The molecule has 0 heterocycles. The Hall–Kier alpha value is -2.63. The van der Waals surface area contributed by atoms with Crippen LogP contribution < -0.4 is 4.74 Å². The molecule has 2 aliphatic carbocycles. The molecule has 0 unspecified atom stereocenters. The maximum Gasteiger partial charge on any atom is 0.330 e. The first kappa shape index (κ1) is 29.9. The Kier molecular flexibility index (Phi) is 10.2. The van der Waals surface area contributed by atoms with Crippen molar-refractivity contribution in [3.63, 3.8) is 0 Å². The first-order chi connectivity index (χ1) is 17.9. The van der Waals surface area contributed by atoms with Crippen LogP contribution in [0, 0.1) is 56.8 Å². The van der Waals surface area contributed by atoms with Crippen molar-refractivity contribution in [2.75, 3.05) is 13.2 Å². The molecule has 0 aromatic heterocycles. The Morgan fingerprint density at radius 3 is 1.82 bits per heavy atom. The van der Waals surface area contributed by atoms with Gasteiger partial charge in [0.05, 0.1) is 25.0 Å². The molecule has 38 heavy (non-hydrogen) atoms. The lowest BCUT2D eigenvalue weighted by Crippen LogP contribution is -2.33. The van der Waals surface area contributed by atoms with Crippen LogP contribution in [0.25, 0.3) is 0 Å². The molecule has 2 saturated carbocycles. The van der Waals surface area contributed by atoms with E-state index in [1.807, 2.05) is 26.8 Å². The number of carbonyl (C=O) groups is 3. The second-order valence-corrected chi connectivity index (χ2v) is 12.3. The maximum absolute atomic E-state index is 12.9. The van der Waals surface area contributed by atoms with Gasteiger partial charge >= 0.3 is 17.9 Å². The highest BCUT2D eigenvalue weighted by Crippen LogP contribution is 2.42. The summed E-state index contributed by atoms with van der Waals surface area (Å²) in [6.07, 6.45) is 8.73. The van der Waals surface area contributed by atoms with Gasteiger partial charge in [0, 0.05) is 11.5 Å². The SMILES string of the molecule is C=CC(=O)OCC(C)(C)COC(=O)C1CCC(C2CCC(C(=O)Oc3cc(C)c(C)c(C)c3C)CC2)CC1. The number of esters is 3. The van der Waals surface area contributed by atoms with E-state index in [1.165, 1.54) is 11.1 Å². The molecule has 0 radical (unpaired) electrons. The molecule has 0 aliphatic heterocycles. The smallest absolute Gasteiger partial charge is 0.330 e. The largest absolute Gasteiger partial charge is 0.465 e. The fourth-order valence-electron chi connectivity index (χ4n) is 5.88. The van der Waals surface area contributed by atoms with Crippen molar-refractivity contribution < 1.29 is 28.6 Å². The third kappa shape index (κ3) is 7.70. The maximum atomic E-state index is 12.9. The standard InChI is InChI=1S/C32H46O6/c1-8-29(33)36-18-32(6,7)19-37-30(34)26-13-9-24(10-14-26)25-11-15-27(16-12-25)31(35)38-28-17-20(2)21(3)22(4)23(28)5/h8,17,24-27H,1,9-16,18-19H2,2-7H3. The summed E-state index contributed by atoms with van der Waals surface area (Å²) in [5.41, 5.74) is 4.19. The van der Waals surface area contributed by atoms with Gasteiger partial charge in [-0.3, -0.25) is 9.59 Å². The van der Waals surface area contributed by atoms with Gasteiger partial charge in [0.2, 0.25) is 0 Å². The van der Waals surface area contributed by atoms with Crippen molar-refractivity contribution in [2.45, 2.75) is 92.9 Å². The van der Waals surface area contributed by atoms with E-state index in [0.29, 0.717) is 17.6 Å². The van der Waals surface area contributed by atoms with Crippen LogP contribution in [0.5, 0.6) is 5.75 Å². The van der Waals surface area contributed by atoms with Crippen molar-refractivity contribution in [2.24, 2.45) is 29.1 Å². The minimum absolute atomic E-state index is 0.0343. The molecule has 2 fully saturated rings. The third-order valence-electron chi connectivity index (χ3n) is 8.90. The number of benzene rings is 1. The molecule has 1 aromatic rings. The first-order valence-corrected chi connectivity index (χ1v) is 14.2. The van der Waals surface area contributed by atoms with Crippen LogP contribution in [0.15, 0.2) is 18.7 Å². The fourth-order valence-corrected chi connectivity index (χ4v) is 5.88. The van der Waals surface area contributed by atoms with Crippen molar-refractivity contribution in [3.8, 4) is 5.75 Å². The average Bonchev–Trinajstić information content (AvgIpc) is 2.92. The minimum atomic E-state index is -0.472. The lowest BCUT2D eigenvalue weighted by atomic mass is 9.69. The van der Waals surface area contributed by atoms with E-state index < -0.39 is 11.4 Å². The van der Waals surface area contributed by atoms with Gasteiger partial charge in [-0.1, -0.05) is 20.4 Å². The van der Waals surface area contributed by atoms with E-state index in [2.05, 4.69) is 27.4 Å². The molecule has 0 N–H and O–H groups in total. The third-order valence-corrected chi connectivity index (χ3v) is 8.90. The van der Waals surface area contributed by atoms with Gasteiger partial charge in [-0.15, -0.1) is 0 Å².